The number of sulfonamides is 1. The van der Waals surface area contributed by atoms with Crippen molar-refractivity contribution in [2.24, 2.45) is 0 Å². The summed E-state index contributed by atoms with van der Waals surface area (Å²) < 4.78 is 40.0. The molecule has 2 rings (SSSR count). The standard InChI is InChI=1S/C11H13FN4O2S/c1-7-10(12)2-8(13)3-11(7)19(17,18)16-5-9-4-14-6-15-9/h2-4,6,16H,5,13H2,1H3,(H,14,15). The van der Waals surface area contributed by atoms with Gasteiger partial charge >= 0.3 is 0 Å². The normalized spacial score (nSPS) is 11.7. The molecule has 0 saturated carbocycles. The molecule has 102 valence electrons. The van der Waals surface area contributed by atoms with Crippen molar-refractivity contribution >= 4 is 15.7 Å². The maximum Gasteiger partial charge on any atom is 0.241 e. The Kier molecular flexibility index (Phi) is 3.54. The quantitative estimate of drug-likeness (QED) is 0.727. The number of hydrogen-bond acceptors (Lipinski definition) is 4. The first-order chi connectivity index (χ1) is 8.90. The molecule has 0 radical (unpaired) electrons. The molecule has 0 saturated heterocycles. The number of hydrogen-bond donors (Lipinski definition) is 3. The van der Waals surface area contributed by atoms with Gasteiger partial charge < -0.3 is 10.7 Å². The minimum Gasteiger partial charge on any atom is -0.399 e. The molecule has 0 amide bonds. The van der Waals surface area contributed by atoms with Crippen molar-refractivity contribution in [1.29, 1.82) is 0 Å². The van der Waals surface area contributed by atoms with Crippen molar-refractivity contribution < 1.29 is 12.8 Å². The lowest BCUT2D eigenvalue weighted by Gasteiger charge is -2.10. The number of aromatic nitrogens is 2. The molecule has 4 N–H and O–H groups in total. The first-order valence-corrected chi connectivity index (χ1v) is 6.91. The summed E-state index contributed by atoms with van der Waals surface area (Å²) in [6.45, 7) is 1.43. The van der Waals surface area contributed by atoms with Crippen molar-refractivity contribution in [2.45, 2.75) is 18.4 Å². The summed E-state index contributed by atoms with van der Waals surface area (Å²) in [5.41, 5.74) is 6.16. The highest BCUT2D eigenvalue weighted by Gasteiger charge is 2.19. The number of nitrogens with one attached hydrogen (secondary N) is 2. The van der Waals surface area contributed by atoms with Crippen molar-refractivity contribution in [1.82, 2.24) is 14.7 Å². The molecule has 2 aromatic rings. The Bertz CT molecular complexity index is 683. The fourth-order valence-electron chi connectivity index (χ4n) is 1.58. The third-order valence-electron chi connectivity index (χ3n) is 2.62. The number of anilines is 1. The van der Waals surface area contributed by atoms with Crippen molar-refractivity contribution in [2.75, 3.05) is 5.73 Å². The zero-order valence-corrected chi connectivity index (χ0v) is 11.0. The van der Waals surface area contributed by atoms with Crippen LogP contribution in [0.3, 0.4) is 0 Å². The van der Waals surface area contributed by atoms with E-state index in [0.717, 1.165) is 6.07 Å². The summed E-state index contributed by atoms with van der Waals surface area (Å²) in [4.78, 5) is 6.37. The second-order valence-corrected chi connectivity index (χ2v) is 5.76. The summed E-state index contributed by atoms with van der Waals surface area (Å²) in [5, 5.41) is 0. The Balaban J connectivity index is 2.29. The zero-order chi connectivity index (χ0) is 14.0. The Morgan fingerprint density at radius 3 is 2.84 bits per heavy atom. The first kappa shape index (κ1) is 13.5. The maximum absolute atomic E-state index is 13.5. The van der Waals surface area contributed by atoms with Crippen LogP contribution in [0.25, 0.3) is 0 Å². The monoisotopic (exact) mass is 284 g/mol. The zero-order valence-electron chi connectivity index (χ0n) is 10.1. The van der Waals surface area contributed by atoms with Gasteiger partial charge in [0, 0.05) is 23.1 Å². The van der Waals surface area contributed by atoms with Crippen LogP contribution in [0.4, 0.5) is 10.1 Å². The van der Waals surface area contributed by atoms with Crippen molar-refractivity contribution in [3.8, 4) is 0 Å². The van der Waals surface area contributed by atoms with Gasteiger partial charge in [-0.2, -0.15) is 0 Å². The topological polar surface area (TPSA) is 101 Å². The van der Waals surface area contributed by atoms with Crippen LogP contribution in [0, 0.1) is 12.7 Å². The molecule has 6 nitrogen and oxygen atoms in total. The van der Waals surface area contributed by atoms with E-state index in [0.29, 0.717) is 5.69 Å². The van der Waals surface area contributed by atoms with E-state index in [-0.39, 0.29) is 22.7 Å². The molecule has 1 aromatic carbocycles. The van der Waals surface area contributed by atoms with E-state index < -0.39 is 15.8 Å². The molecule has 0 unspecified atom stereocenters. The van der Waals surface area contributed by atoms with Crippen LogP contribution in [0.2, 0.25) is 0 Å². The van der Waals surface area contributed by atoms with Gasteiger partial charge in [0.15, 0.2) is 0 Å². The molecule has 0 spiro atoms. The van der Waals surface area contributed by atoms with Crippen LogP contribution in [0.15, 0.2) is 29.6 Å². The van der Waals surface area contributed by atoms with Crippen LogP contribution in [0.1, 0.15) is 11.3 Å². The fourth-order valence-corrected chi connectivity index (χ4v) is 2.88. The molecule has 1 aromatic heterocycles. The number of imidazole rings is 1. The van der Waals surface area contributed by atoms with Crippen molar-refractivity contribution in [3.63, 3.8) is 0 Å². The maximum atomic E-state index is 13.5. The third-order valence-corrected chi connectivity index (χ3v) is 4.14. The molecular formula is C11H13FN4O2S. The molecule has 0 aliphatic carbocycles. The highest BCUT2D eigenvalue weighted by Crippen LogP contribution is 2.21. The molecule has 0 aliphatic heterocycles. The minimum atomic E-state index is -3.83. The lowest BCUT2D eigenvalue weighted by atomic mass is 10.2. The van der Waals surface area contributed by atoms with Gasteiger partial charge in [-0.15, -0.1) is 0 Å². The van der Waals surface area contributed by atoms with E-state index in [1.807, 2.05) is 0 Å². The summed E-state index contributed by atoms with van der Waals surface area (Å²) in [6.07, 6.45) is 2.93. The number of nitrogens with zero attached hydrogens (tertiary/aromatic N) is 1. The molecule has 19 heavy (non-hydrogen) atoms. The Labute approximate surface area is 109 Å². The highest BCUT2D eigenvalue weighted by molar-refractivity contribution is 7.89. The van der Waals surface area contributed by atoms with Gasteiger partial charge in [0.1, 0.15) is 5.82 Å². The molecule has 0 fully saturated rings. The Hall–Kier alpha value is -1.93. The van der Waals surface area contributed by atoms with Gasteiger partial charge in [-0.3, -0.25) is 0 Å². The number of benzene rings is 1. The van der Waals surface area contributed by atoms with E-state index in [4.69, 9.17) is 5.73 Å². The van der Waals surface area contributed by atoms with E-state index in [9.17, 15) is 12.8 Å². The van der Waals surface area contributed by atoms with Crippen LogP contribution in [-0.2, 0) is 16.6 Å². The van der Waals surface area contributed by atoms with Crippen LogP contribution >= 0.6 is 0 Å². The molecule has 8 heteroatoms. The number of rotatable bonds is 4. The van der Waals surface area contributed by atoms with Crippen LogP contribution in [0.5, 0.6) is 0 Å². The van der Waals surface area contributed by atoms with Gasteiger partial charge in [-0.1, -0.05) is 0 Å². The van der Waals surface area contributed by atoms with E-state index >= 15 is 0 Å². The minimum absolute atomic E-state index is 0.0336. The second-order valence-electron chi connectivity index (χ2n) is 4.03. The highest BCUT2D eigenvalue weighted by atomic mass is 32.2. The van der Waals surface area contributed by atoms with Crippen LogP contribution in [-0.4, -0.2) is 18.4 Å². The average Bonchev–Trinajstić information content (AvgIpc) is 2.84. The van der Waals surface area contributed by atoms with Gasteiger partial charge in [-0.05, 0) is 19.1 Å². The summed E-state index contributed by atoms with van der Waals surface area (Å²) in [7, 11) is -3.83. The van der Waals surface area contributed by atoms with Gasteiger partial charge in [0.2, 0.25) is 10.0 Å². The van der Waals surface area contributed by atoms with Gasteiger partial charge in [-0.25, -0.2) is 22.5 Å². The molecule has 0 bridgehead atoms. The number of nitrogen functional groups attached to an aromatic ring is 1. The number of nitrogens with two attached hydrogens (primary N) is 1. The third kappa shape index (κ3) is 2.91. The molecule has 0 atom stereocenters. The van der Waals surface area contributed by atoms with E-state index in [2.05, 4.69) is 14.7 Å². The number of H-pyrrole nitrogens is 1. The summed E-state index contributed by atoms with van der Waals surface area (Å²) >= 11 is 0. The predicted molar refractivity (Wildman–Crippen MR) is 68.2 cm³/mol. The Morgan fingerprint density at radius 1 is 1.47 bits per heavy atom. The molecular weight excluding hydrogens is 271 g/mol. The average molecular weight is 284 g/mol. The van der Waals surface area contributed by atoms with E-state index in [1.54, 1.807) is 0 Å². The largest absolute Gasteiger partial charge is 0.399 e. The molecule has 0 aliphatic rings. The summed E-state index contributed by atoms with van der Waals surface area (Å²) in [5.74, 6) is -0.651. The summed E-state index contributed by atoms with van der Waals surface area (Å²) in [6, 6.07) is 2.32. The van der Waals surface area contributed by atoms with Gasteiger partial charge in [0.25, 0.3) is 0 Å². The molecule has 1 heterocycles. The Morgan fingerprint density at radius 2 is 2.21 bits per heavy atom. The van der Waals surface area contributed by atoms with E-state index in [1.165, 1.54) is 25.5 Å². The lowest BCUT2D eigenvalue weighted by Crippen LogP contribution is -2.24. The van der Waals surface area contributed by atoms with Gasteiger partial charge in [0.05, 0.1) is 17.8 Å². The fraction of sp³-hybridized carbons (Fsp3) is 0.182. The van der Waals surface area contributed by atoms with Crippen LogP contribution < -0.4 is 10.5 Å². The SMILES string of the molecule is Cc1c(F)cc(N)cc1S(=O)(=O)NCc1cnc[nH]1. The van der Waals surface area contributed by atoms with Crippen molar-refractivity contribution in [3.05, 3.63) is 41.7 Å². The first-order valence-electron chi connectivity index (χ1n) is 5.42. The lowest BCUT2D eigenvalue weighted by molar-refractivity contribution is 0.574. The number of aromatic amines is 1. The second kappa shape index (κ2) is 4.98. The smallest absolute Gasteiger partial charge is 0.241 e. The predicted octanol–water partition coefficient (Wildman–Crippen LogP) is 0.918. The number of halogens is 1.